The third-order valence-corrected chi connectivity index (χ3v) is 4.93. The number of amides is 1. The average Bonchev–Trinajstić information content (AvgIpc) is 2.55. The van der Waals surface area contributed by atoms with E-state index in [1.807, 2.05) is 48.9 Å². The van der Waals surface area contributed by atoms with Gasteiger partial charge in [0.25, 0.3) is 15.9 Å². The van der Waals surface area contributed by atoms with Gasteiger partial charge in [0.2, 0.25) is 0 Å². The number of rotatable bonds is 6. The van der Waals surface area contributed by atoms with Crippen LogP contribution in [0.2, 0.25) is 0 Å². The molecular formula is C18H22N2O3S. The summed E-state index contributed by atoms with van der Waals surface area (Å²) in [6.07, 6.45) is 0.425. The van der Waals surface area contributed by atoms with Gasteiger partial charge < -0.3 is 5.73 Å². The Balaban J connectivity index is 2.14. The summed E-state index contributed by atoms with van der Waals surface area (Å²) in [4.78, 5) is 12.0. The van der Waals surface area contributed by atoms with E-state index in [2.05, 4.69) is 0 Å². The number of carbonyl (C=O) groups excluding carboxylic acids is 1. The van der Waals surface area contributed by atoms with Gasteiger partial charge in [0.05, 0.1) is 10.9 Å². The van der Waals surface area contributed by atoms with Crippen LogP contribution in [-0.2, 0) is 14.8 Å². The van der Waals surface area contributed by atoms with E-state index < -0.39 is 22.0 Å². The quantitative estimate of drug-likeness (QED) is 0.841. The second kappa shape index (κ2) is 7.59. The highest BCUT2D eigenvalue weighted by Crippen LogP contribution is 2.21. The molecule has 1 amide bonds. The van der Waals surface area contributed by atoms with Crippen LogP contribution < -0.4 is 10.5 Å². The topological polar surface area (TPSA) is 89.3 Å². The second-order valence-electron chi connectivity index (χ2n) is 6.10. The molecule has 2 rings (SSSR count). The molecule has 1 atom stereocenters. The molecule has 0 heterocycles. The van der Waals surface area contributed by atoms with E-state index in [0.717, 1.165) is 11.1 Å². The van der Waals surface area contributed by atoms with Crippen molar-refractivity contribution in [3.63, 3.8) is 0 Å². The molecular weight excluding hydrogens is 324 g/mol. The molecule has 0 aliphatic rings. The number of carbonyl (C=O) groups is 1. The van der Waals surface area contributed by atoms with Crippen LogP contribution in [-0.4, -0.2) is 20.4 Å². The first-order valence-corrected chi connectivity index (χ1v) is 9.25. The fourth-order valence-corrected chi connectivity index (χ4v) is 3.37. The number of nitrogens with two attached hydrogens (primary N) is 1. The van der Waals surface area contributed by atoms with E-state index in [1.165, 1.54) is 12.1 Å². The summed E-state index contributed by atoms with van der Waals surface area (Å²) in [5, 5.41) is 0. The molecule has 5 nitrogen and oxygen atoms in total. The van der Waals surface area contributed by atoms with Crippen molar-refractivity contribution in [1.82, 2.24) is 4.72 Å². The number of hydrogen-bond donors (Lipinski definition) is 2. The highest BCUT2D eigenvalue weighted by atomic mass is 32.2. The van der Waals surface area contributed by atoms with E-state index in [4.69, 9.17) is 5.73 Å². The van der Waals surface area contributed by atoms with Gasteiger partial charge in [-0.05, 0) is 35.6 Å². The standard InChI is InChI=1S/C18H22N2O3S/c1-13(2)12-17(19)18(21)20-24(22,23)16-10-8-15(9-11-16)14-6-4-3-5-7-14/h3-11,13,17H,12,19H2,1-2H3,(H,20,21)/t17-/m0/s1. The molecule has 0 spiro atoms. The van der Waals surface area contributed by atoms with Crippen molar-refractivity contribution >= 4 is 15.9 Å². The van der Waals surface area contributed by atoms with Crippen molar-refractivity contribution in [1.29, 1.82) is 0 Å². The zero-order valence-electron chi connectivity index (χ0n) is 13.8. The first kappa shape index (κ1) is 18.2. The highest BCUT2D eigenvalue weighted by Gasteiger charge is 2.22. The zero-order valence-corrected chi connectivity index (χ0v) is 14.6. The summed E-state index contributed by atoms with van der Waals surface area (Å²) in [5.74, 6) is -0.477. The Kier molecular flexibility index (Phi) is 5.75. The van der Waals surface area contributed by atoms with E-state index in [1.54, 1.807) is 12.1 Å². The normalized spacial score (nSPS) is 12.8. The number of nitrogens with one attached hydrogen (secondary N) is 1. The van der Waals surface area contributed by atoms with E-state index in [9.17, 15) is 13.2 Å². The van der Waals surface area contributed by atoms with E-state index >= 15 is 0 Å². The molecule has 0 aromatic heterocycles. The lowest BCUT2D eigenvalue weighted by atomic mass is 10.0. The molecule has 0 fully saturated rings. The molecule has 2 aromatic carbocycles. The Morgan fingerprint density at radius 3 is 2.08 bits per heavy atom. The smallest absolute Gasteiger partial charge is 0.264 e. The first-order valence-electron chi connectivity index (χ1n) is 7.77. The lowest BCUT2D eigenvalue weighted by Gasteiger charge is -2.14. The van der Waals surface area contributed by atoms with Crippen LogP contribution in [0.4, 0.5) is 0 Å². The minimum atomic E-state index is -3.92. The van der Waals surface area contributed by atoms with Gasteiger partial charge >= 0.3 is 0 Å². The van der Waals surface area contributed by atoms with Crippen LogP contribution >= 0.6 is 0 Å². The predicted octanol–water partition coefficient (Wildman–Crippen LogP) is 2.53. The monoisotopic (exact) mass is 346 g/mol. The number of hydrogen-bond acceptors (Lipinski definition) is 4. The summed E-state index contributed by atoms with van der Waals surface area (Å²) in [5.41, 5.74) is 7.62. The van der Waals surface area contributed by atoms with Crippen LogP contribution in [0.3, 0.4) is 0 Å². The summed E-state index contributed by atoms with van der Waals surface area (Å²) >= 11 is 0. The molecule has 0 unspecified atom stereocenters. The van der Waals surface area contributed by atoms with Gasteiger partial charge in [-0.25, -0.2) is 13.1 Å². The Morgan fingerprint density at radius 2 is 1.54 bits per heavy atom. The van der Waals surface area contributed by atoms with Crippen molar-refractivity contribution in [3.8, 4) is 11.1 Å². The molecule has 2 aromatic rings. The lowest BCUT2D eigenvalue weighted by molar-refractivity contribution is -0.120. The van der Waals surface area contributed by atoms with Gasteiger partial charge in [0.15, 0.2) is 0 Å². The molecule has 3 N–H and O–H groups in total. The van der Waals surface area contributed by atoms with Crippen molar-refractivity contribution < 1.29 is 13.2 Å². The maximum absolute atomic E-state index is 12.3. The zero-order chi connectivity index (χ0) is 17.7. The maximum Gasteiger partial charge on any atom is 0.264 e. The Bertz CT molecular complexity index is 785. The second-order valence-corrected chi connectivity index (χ2v) is 7.78. The Morgan fingerprint density at radius 1 is 1.00 bits per heavy atom. The minimum absolute atomic E-state index is 0.0345. The van der Waals surface area contributed by atoms with Gasteiger partial charge in [-0.1, -0.05) is 56.3 Å². The molecule has 0 bridgehead atoms. The number of sulfonamides is 1. The summed E-state index contributed by atoms with van der Waals surface area (Å²) < 4.78 is 26.6. The first-order chi connectivity index (χ1) is 11.3. The average molecular weight is 346 g/mol. The van der Waals surface area contributed by atoms with Gasteiger partial charge in [-0.2, -0.15) is 0 Å². The fraction of sp³-hybridized carbons (Fsp3) is 0.278. The van der Waals surface area contributed by atoms with Gasteiger partial charge in [-0.15, -0.1) is 0 Å². The SMILES string of the molecule is CC(C)C[C@H](N)C(=O)NS(=O)(=O)c1ccc(-c2ccccc2)cc1. The Hall–Kier alpha value is -2.18. The maximum atomic E-state index is 12.3. The molecule has 0 saturated carbocycles. The fourth-order valence-electron chi connectivity index (χ4n) is 2.34. The highest BCUT2D eigenvalue weighted by molar-refractivity contribution is 7.90. The van der Waals surface area contributed by atoms with Crippen molar-refractivity contribution in [2.24, 2.45) is 11.7 Å². The summed E-state index contributed by atoms with van der Waals surface area (Å²) in [7, 11) is -3.92. The van der Waals surface area contributed by atoms with Gasteiger partial charge in [0, 0.05) is 0 Å². The van der Waals surface area contributed by atoms with Crippen LogP contribution in [0.5, 0.6) is 0 Å². The van der Waals surface area contributed by atoms with Crippen LogP contribution in [0.1, 0.15) is 20.3 Å². The third kappa shape index (κ3) is 4.66. The van der Waals surface area contributed by atoms with Crippen molar-refractivity contribution in [2.45, 2.75) is 31.2 Å². The van der Waals surface area contributed by atoms with Gasteiger partial charge in [-0.3, -0.25) is 4.79 Å². The summed E-state index contributed by atoms with van der Waals surface area (Å²) in [6.45, 7) is 3.84. The van der Waals surface area contributed by atoms with Gasteiger partial charge in [0.1, 0.15) is 0 Å². The van der Waals surface area contributed by atoms with Crippen molar-refractivity contribution in [2.75, 3.05) is 0 Å². The number of benzene rings is 2. The molecule has 0 aliphatic heterocycles. The van der Waals surface area contributed by atoms with E-state index in [-0.39, 0.29) is 10.8 Å². The van der Waals surface area contributed by atoms with E-state index in [0.29, 0.717) is 6.42 Å². The minimum Gasteiger partial charge on any atom is -0.320 e. The molecule has 128 valence electrons. The largest absolute Gasteiger partial charge is 0.320 e. The van der Waals surface area contributed by atoms with Crippen molar-refractivity contribution in [3.05, 3.63) is 54.6 Å². The lowest BCUT2D eigenvalue weighted by Crippen LogP contribution is -2.43. The Labute approximate surface area is 142 Å². The van der Waals surface area contributed by atoms with Crippen LogP contribution in [0.15, 0.2) is 59.5 Å². The molecule has 0 saturated heterocycles. The van der Waals surface area contributed by atoms with Crippen LogP contribution in [0, 0.1) is 5.92 Å². The third-order valence-electron chi connectivity index (χ3n) is 3.57. The molecule has 0 radical (unpaired) electrons. The molecule has 6 heteroatoms. The van der Waals surface area contributed by atoms with Crippen LogP contribution in [0.25, 0.3) is 11.1 Å². The predicted molar refractivity (Wildman–Crippen MR) is 94.6 cm³/mol. The summed E-state index contributed by atoms with van der Waals surface area (Å²) in [6, 6.07) is 15.2. The molecule has 0 aliphatic carbocycles. The molecule has 24 heavy (non-hydrogen) atoms.